The van der Waals surface area contributed by atoms with E-state index < -0.39 is 0 Å². The number of nitrogens with zero attached hydrogens (tertiary/aromatic N) is 2. The van der Waals surface area contributed by atoms with E-state index in [1.54, 1.807) is 7.11 Å². The van der Waals surface area contributed by atoms with Gasteiger partial charge in [-0.25, -0.2) is 0 Å². The Morgan fingerprint density at radius 1 is 1.05 bits per heavy atom. The van der Waals surface area contributed by atoms with Crippen LogP contribution >= 0.6 is 0 Å². The number of aromatic nitrogens is 1. The van der Waals surface area contributed by atoms with Gasteiger partial charge in [0.1, 0.15) is 11.8 Å². The van der Waals surface area contributed by atoms with Crippen LogP contribution < -0.4 is 9.47 Å². The van der Waals surface area contributed by atoms with Crippen molar-refractivity contribution in [2.45, 2.75) is 56.6 Å². The lowest BCUT2D eigenvalue weighted by Gasteiger charge is -2.57. The van der Waals surface area contributed by atoms with Gasteiger partial charge < -0.3 is 24.3 Å². The van der Waals surface area contributed by atoms with Crippen LogP contribution in [-0.2, 0) is 18.3 Å². The molecule has 2 aromatic carbocycles. The second-order valence-corrected chi connectivity index (χ2v) is 12.8. The van der Waals surface area contributed by atoms with Crippen LogP contribution in [-0.4, -0.2) is 66.3 Å². The third kappa shape index (κ3) is 3.35. The molecule has 8 rings (SSSR count). The van der Waals surface area contributed by atoms with Crippen LogP contribution in [0.25, 0.3) is 0 Å². The lowest BCUT2D eigenvalue weighted by Crippen LogP contribution is -2.62. The first-order valence-corrected chi connectivity index (χ1v) is 15.1. The van der Waals surface area contributed by atoms with Gasteiger partial charge in [-0.1, -0.05) is 36.4 Å². The number of rotatable bonds is 4. The van der Waals surface area contributed by atoms with Gasteiger partial charge in [-0.05, 0) is 81.3 Å². The first-order valence-electron chi connectivity index (χ1n) is 15.1. The minimum absolute atomic E-state index is 0.0347. The summed E-state index contributed by atoms with van der Waals surface area (Å²) in [6, 6.07) is 14.3. The van der Waals surface area contributed by atoms with Crippen molar-refractivity contribution in [3.05, 3.63) is 81.7 Å². The number of benzene rings is 2. The van der Waals surface area contributed by atoms with Crippen LogP contribution in [0.15, 0.2) is 42.5 Å². The Kier molecular flexibility index (Phi) is 5.50. The highest BCUT2D eigenvalue weighted by Crippen LogP contribution is 2.67. The first kappa shape index (κ1) is 25.2. The molecule has 41 heavy (non-hydrogen) atoms. The Morgan fingerprint density at radius 3 is 2.59 bits per heavy atom. The van der Waals surface area contributed by atoms with Gasteiger partial charge in [0.05, 0.1) is 12.8 Å². The number of hydrogen-bond acceptors (Lipinski definition) is 5. The van der Waals surface area contributed by atoms with Crippen molar-refractivity contribution in [3.8, 4) is 11.5 Å². The Balaban J connectivity index is 1.11. The zero-order valence-corrected chi connectivity index (χ0v) is 24.0. The number of carbonyl (C=O) groups is 2. The van der Waals surface area contributed by atoms with Crippen molar-refractivity contribution in [1.82, 2.24) is 14.8 Å². The largest absolute Gasteiger partial charge is 0.493 e. The zero-order valence-electron chi connectivity index (χ0n) is 24.0. The molecule has 2 bridgehead atoms. The fourth-order valence-corrected chi connectivity index (χ4v) is 8.99. The van der Waals surface area contributed by atoms with Crippen molar-refractivity contribution in [2.75, 3.05) is 33.8 Å². The number of ether oxygens (including phenoxy) is 2. The van der Waals surface area contributed by atoms with E-state index in [0.29, 0.717) is 43.6 Å². The molecule has 0 saturated carbocycles. The number of likely N-dealkylation sites (N-methyl/N-ethyl adjacent to an activating group) is 1. The lowest BCUT2D eigenvalue weighted by molar-refractivity contribution is -0.0256. The van der Waals surface area contributed by atoms with Crippen LogP contribution in [0.3, 0.4) is 0 Å². The molecule has 5 aliphatic rings. The van der Waals surface area contributed by atoms with Crippen molar-refractivity contribution >= 4 is 11.7 Å². The zero-order chi connectivity index (χ0) is 28.0. The third-order valence-corrected chi connectivity index (χ3v) is 11.1. The molecule has 4 heterocycles. The molecule has 212 valence electrons. The maximum atomic E-state index is 14.0. The van der Waals surface area contributed by atoms with E-state index in [9.17, 15) is 9.59 Å². The lowest BCUT2D eigenvalue weighted by atomic mass is 9.51. The van der Waals surface area contributed by atoms with Crippen LogP contribution in [0.5, 0.6) is 11.5 Å². The number of likely N-dealkylation sites (tertiary alicyclic amines) is 2. The van der Waals surface area contributed by atoms with Crippen molar-refractivity contribution in [2.24, 2.45) is 11.8 Å². The molecule has 2 aliphatic carbocycles. The Morgan fingerprint density at radius 2 is 1.83 bits per heavy atom. The van der Waals surface area contributed by atoms with Gasteiger partial charge >= 0.3 is 0 Å². The number of Topliss-reactive ketones (excluding diaryl/α,β-unsaturated/α-hetero) is 1. The SMILES string of the molecule is COc1ccc2c3c1O[C@H]1c4[nH]c(C(=O)N5CCC(C(=O)c6ccccc6)CC5)c(C)c4C[C@H]4[C@H](C2)N(C)CCC314. The number of hydrogen-bond donors (Lipinski definition) is 1. The maximum Gasteiger partial charge on any atom is 0.270 e. The number of methoxy groups -OCH3 is 1. The van der Waals surface area contributed by atoms with E-state index >= 15 is 0 Å². The number of piperidine rings is 2. The van der Waals surface area contributed by atoms with E-state index in [2.05, 4.69) is 36.0 Å². The van der Waals surface area contributed by atoms with E-state index in [1.807, 2.05) is 35.2 Å². The number of amides is 1. The fourth-order valence-electron chi connectivity index (χ4n) is 8.99. The van der Waals surface area contributed by atoms with Gasteiger partial charge in [0.25, 0.3) is 5.91 Å². The normalized spacial score (nSPS) is 28.1. The van der Waals surface area contributed by atoms with Crippen molar-refractivity contribution in [3.63, 3.8) is 0 Å². The van der Waals surface area contributed by atoms with Crippen LogP contribution in [0.2, 0.25) is 0 Å². The smallest absolute Gasteiger partial charge is 0.270 e. The van der Waals surface area contributed by atoms with Crippen LogP contribution in [0.1, 0.15) is 74.2 Å². The Bertz CT molecular complexity index is 1570. The minimum Gasteiger partial charge on any atom is -0.493 e. The summed E-state index contributed by atoms with van der Waals surface area (Å²) < 4.78 is 12.7. The molecule has 0 radical (unpaired) electrons. The Labute approximate surface area is 240 Å². The first-order chi connectivity index (χ1) is 19.9. The standard InChI is InChI=1S/C34H37N3O4/c1-19-23-18-24-25-17-22-9-10-26(40-3)31-27(22)34(24,13-16-36(25)2)32(41-31)29(23)35-28(19)33(39)37-14-11-21(12-15-37)30(38)20-7-5-4-6-8-20/h4-10,21,24-25,32,35H,11-18H2,1-3H3/t24-,25-,32-,34?/m0/s1. The highest BCUT2D eigenvalue weighted by Gasteiger charge is 2.65. The predicted octanol–water partition coefficient (Wildman–Crippen LogP) is 4.87. The molecule has 1 N–H and O–H groups in total. The second kappa shape index (κ2) is 8.96. The van der Waals surface area contributed by atoms with Gasteiger partial charge in [0.2, 0.25) is 0 Å². The average Bonchev–Trinajstić information content (AvgIpc) is 3.53. The summed E-state index contributed by atoms with van der Waals surface area (Å²) in [5.41, 5.74) is 7.47. The molecule has 2 fully saturated rings. The molecule has 2 saturated heterocycles. The van der Waals surface area contributed by atoms with Gasteiger partial charge in [0.15, 0.2) is 17.3 Å². The Hall–Kier alpha value is -3.58. The molecular weight excluding hydrogens is 514 g/mol. The van der Waals surface area contributed by atoms with Crippen LogP contribution in [0, 0.1) is 18.8 Å². The quantitative estimate of drug-likeness (QED) is 0.469. The fraction of sp³-hybridized carbons (Fsp3) is 0.471. The van der Waals surface area contributed by atoms with Gasteiger partial charge in [0, 0.05) is 41.6 Å². The highest BCUT2D eigenvalue weighted by atomic mass is 16.5. The number of carbonyl (C=O) groups excluding carboxylic acids is 2. The number of ketones is 1. The van der Waals surface area contributed by atoms with E-state index in [4.69, 9.17) is 9.47 Å². The van der Waals surface area contributed by atoms with E-state index in [-0.39, 0.29) is 29.1 Å². The third-order valence-electron chi connectivity index (χ3n) is 11.1. The van der Waals surface area contributed by atoms with Gasteiger partial charge in [-0.2, -0.15) is 0 Å². The molecule has 4 atom stereocenters. The molecule has 3 aromatic rings. The molecule has 7 heteroatoms. The topological polar surface area (TPSA) is 74.9 Å². The second-order valence-electron chi connectivity index (χ2n) is 12.8. The van der Waals surface area contributed by atoms with E-state index in [0.717, 1.165) is 54.1 Å². The molecule has 7 nitrogen and oxygen atoms in total. The number of aromatic amines is 1. The summed E-state index contributed by atoms with van der Waals surface area (Å²) in [6.45, 7) is 4.32. The summed E-state index contributed by atoms with van der Waals surface area (Å²) in [6.07, 6.45) is 4.25. The monoisotopic (exact) mass is 551 g/mol. The summed E-state index contributed by atoms with van der Waals surface area (Å²) in [4.78, 5) is 35.1. The number of H-pyrrole nitrogens is 1. The molecule has 1 unspecified atom stereocenters. The van der Waals surface area contributed by atoms with E-state index in [1.165, 1.54) is 16.7 Å². The molecule has 1 aromatic heterocycles. The summed E-state index contributed by atoms with van der Waals surface area (Å²) in [5, 5.41) is 0. The molecular formula is C34H37N3O4. The van der Waals surface area contributed by atoms with Crippen molar-refractivity contribution < 1.29 is 19.1 Å². The van der Waals surface area contributed by atoms with Crippen LogP contribution in [0.4, 0.5) is 0 Å². The van der Waals surface area contributed by atoms with Crippen molar-refractivity contribution in [1.29, 1.82) is 0 Å². The summed E-state index contributed by atoms with van der Waals surface area (Å²) >= 11 is 0. The average molecular weight is 552 g/mol. The van der Waals surface area contributed by atoms with Gasteiger partial charge in [-0.15, -0.1) is 0 Å². The minimum atomic E-state index is -0.146. The molecule has 1 spiro atoms. The maximum absolute atomic E-state index is 14.0. The predicted molar refractivity (Wildman–Crippen MR) is 155 cm³/mol. The summed E-state index contributed by atoms with van der Waals surface area (Å²) in [7, 11) is 3.98. The highest BCUT2D eigenvalue weighted by molar-refractivity contribution is 5.98. The molecule has 1 amide bonds. The number of fused-ring (bicyclic) bond motifs is 2. The number of nitrogens with one attached hydrogen (secondary N) is 1. The van der Waals surface area contributed by atoms with Gasteiger partial charge in [-0.3, -0.25) is 9.59 Å². The summed E-state index contributed by atoms with van der Waals surface area (Å²) in [5.74, 6) is 2.33. The molecule has 3 aliphatic heterocycles.